The van der Waals surface area contributed by atoms with Gasteiger partial charge in [0.1, 0.15) is 0 Å². The lowest BCUT2D eigenvalue weighted by molar-refractivity contribution is -0.133. The lowest BCUT2D eigenvalue weighted by Gasteiger charge is -1.96. The van der Waals surface area contributed by atoms with Gasteiger partial charge < -0.3 is 5.11 Å². The van der Waals surface area contributed by atoms with Gasteiger partial charge in [0.25, 0.3) is 0 Å². The Morgan fingerprint density at radius 1 is 1.44 bits per heavy atom. The van der Waals surface area contributed by atoms with Crippen molar-refractivity contribution in [2.24, 2.45) is 0 Å². The molecule has 5 heteroatoms. The highest BCUT2D eigenvalue weighted by Crippen LogP contribution is 2.37. The molecule has 0 aliphatic heterocycles. The molecule has 0 unspecified atom stereocenters. The number of benzene rings is 1. The van der Waals surface area contributed by atoms with Crippen molar-refractivity contribution in [2.75, 3.05) is 5.75 Å². The minimum atomic E-state index is -0.790. The highest BCUT2D eigenvalue weighted by atomic mass is 35.5. The molecule has 0 bridgehead atoms. The first kappa shape index (κ1) is 11.8. The molecule has 0 radical (unpaired) electrons. The molecule has 2 rings (SSSR count). The van der Waals surface area contributed by atoms with Crippen LogP contribution in [0.5, 0.6) is 0 Å². The van der Waals surface area contributed by atoms with E-state index in [0.717, 1.165) is 20.0 Å². The first-order chi connectivity index (χ1) is 7.68. The zero-order valence-electron chi connectivity index (χ0n) is 8.27. The number of hydrogen-bond donors (Lipinski definition) is 1. The Bertz CT molecular complexity index is 522. The minimum absolute atomic E-state index is 0.116. The summed E-state index contributed by atoms with van der Waals surface area (Å²) in [6.45, 7) is 0. The van der Waals surface area contributed by atoms with Crippen LogP contribution in [0.1, 0.15) is 4.88 Å². The first-order valence-corrected chi connectivity index (χ1v) is 6.99. The number of carbonyl (C=O) groups is 1. The molecule has 0 atom stereocenters. The second-order valence-electron chi connectivity index (χ2n) is 3.22. The smallest absolute Gasteiger partial charge is 0.313 e. The van der Waals surface area contributed by atoms with Gasteiger partial charge in [0.05, 0.1) is 10.8 Å². The lowest BCUT2D eigenvalue weighted by atomic mass is 10.2. The summed E-state index contributed by atoms with van der Waals surface area (Å²) in [4.78, 5) is 11.4. The lowest BCUT2D eigenvalue weighted by Crippen LogP contribution is -1.97. The van der Waals surface area contributed by atoms with Gasteiger partial charge in [-0.2, -0.15) is 0 Å². The molecule has 0 fully saturated rings. The zero-order valence-corrected chi connectivity index (χ0v) is 10.7. The molecule has 0 amide bonds. The third-order valence-electron chi connectivity index (χ3n) is 2.06. The predicted molar refractivity (Wildman–Crippen MR) is 70.6 cm³/mol. The molecule has 84 valence electrons. The normalized spacial score (nSPS) is 10.8. The molecule has 0 saturated carbocycles. The van der Waals surface area contributed by atoms with E-state index < -0.39 is 5.97 Å². The van der Waals surface area contributed by atoms with Crippen LogP contribution in [0.2, 0.25) is 5.02 Å². The van der Waals surface area contributed by atoms with Crippen molar-refractivity contribution in [1.29, 1.82) is 0 Å². The highest BCUT2D eigenvalue weighted by Gasteiger charge is 2.10. The van der Waals surface area contributed by atoms with E-state index in [9.17, 15) is 4.79 Å². The van der Waals surface area contributed by atoms with Crippen LogP contribution >= 0.6 is 34.7 Å². The van der Waals surface area contributed by atoms with Gasteiger partial charge in [-0.05, 0) is 6.07 Å². The van der Waals surface area contributed by atoms with Gasteiger partial charge in [0.2, 0.25) is 0 Å². The van der Waals surface area contributed by atoms with Gasteiger partial charge in [-0.25, -0.2) is 0 Å². The van der Waals surface area contributed by atoms with Crippen LogP contribution in [-0.2, 0) is 10.5 Å². The molecule has 2 aromatic rings. The summed E-state index contributed by atoms with van der Waals surface area (Å²) in [5.41, 5.74) is 0. The number of rotatable bonds is 4. The molecular formula is C11H9ClO2S2. The zero-order chi connectivity index (χ0) is 11.5. The number of carboxylic acid groups (broad SMARTS) is 1. The van der Waals surface area contributed by atoms with Crippen LogP contribution in [-0.4, -0.2) is 16.8 Å². The number of carboxylic acids is 1. The number of thioether (sulfide) groups is 1. The van der Waals surface area contributed by atoms with Crippen LogP contribution < -0.4 is 0 Å². The Balaban J connectivity index is 2.18. The van der Waals surface area contributed by atoms with Crippen LogP contribution in [0.15, 0.2) is 24.3 Å². The second kappa shape index (κ2) is 5.08. The average molecular weight is 273 g/mol. The Morgan fingerprint density at radius 3 is 2.88 bits per heavy atom. The Hall–Kier alpha value is -0.710. The van der Waals surface area contributed by atoms with E-state index >= 15 is 0 Å². The van der Waals surface area contributed by atoms with Gasteiger partial charge in [-0.1, -0.05) is 29.8 Å². The van der Waals surface area contributed by atoms with E-state index in [1.807, 2.05) is 24.3 Å². The Labute approximate surface area is 106 Å². The molecule has 0 saturated heterocycles. The van der Waals surface area contributed by atoms with Crippen LogP contribution in [0.25, 0.3) is 10.1 Å². The van der Waals surface area contributed by atoms with E-state index in [2.05, 4.69) is 0 Å². The molecule has 0 aliphatic carbocycles. The largest absolute Gasteiger partial charge is 0.481 e. The van der Waals surface area contributed by atoms with E-state index in [4.69, 9.17) is 16.7 Å². The maximum absolute atomic E-state index is 10.4. The molecule has 1 aromatic heterocycles. The molecule has 2 nitrogen and oxygen atoms in total. The Morgan fingerprint density at radius 2 is 2.19 bits per heavy atom. The maximum atomic E-state index is 10.4. The summed E-state index contributed by atoms with van der Waals surface area (Å²) in [7, 11) is 0. The van der Waals surface area contributed by atoms with Crippen molar-refractivity contribution in [3.05, 3.63) is 34.2 Å². The van der Waals surface area contributed by atoms with Crippen LogP contribution in [0, 0.1) is 0 Å². The summed E-state index contributed by atoms with van der Waals surface area (Å²) in [5, 5.41) is 10.4. The van der Waals surface area contributed by atoms with Crippen molar-refractivity contribution in [1.82, 2.24) is 0 Å². The van der Waals surface area contributed by atoms with Gasteiger partial charge in [0, 0.05) is 20.7 Å². The molecular weight excluding hydrogens is 264 g/mol. The number of aliphatic carboxylic acids is 1. The maximum Gasteiger partial charge on any atom is 0.313 e. The standard InChI is InChI=1S/C11H9ClO2S2/c12-11-7-3-1-2-4-8(7)16-9(11)5-15-6-10(13)14/h1-4H,5-6H2,(H,13,14). The summed E-state index contributed by atoms with van der Waals surface area (Å²) < 4.78 is 1.15. The number of hydrogen-bond acceptors (Lipinski definition) is 3. The third kappa shape index (κ3) is 2.51. The molecule has 1 aromatic carbocycles. The molecule has 16 heavy (non-hydrogen) atoms. The van der Waals surface area contributed by atoms with Gasteiger partial charge >= 0.3 is 5.97 Å². The topological polar surface area (TPSA) is 37.3 Å². The van der Waals surface area contributed by atoms with Crippen molar-refractivity contribution in [2.45, 2.75) is 5.75 Å². The van der Waals surface area contributed by atoms with E-state index in [0.29, 0.717) is 5.75 Å². The SMILES string of the molecule is O=C(O)CSCc1sc2ccccc2c1Cl. The molecule has 1 heterocycles. The highest BCUT2D eigenvalue weighted by molar-refractivity contribution is 7.99. The molecule has 0 aliphatic rings. The second-order valence-corrected chi connectivity index (χ2v) is 5.72. The summed E-state index contributed by atoms with van der Waals surface area (Å²) in [6.07, 6.45) is 0. The number of thiophene rings is 1. The molecule has 0 spiro atoms. The fourth-order valence-corrected chi connectivity index (χ4v) is 3.85. The minimum Gasteiger partial charge on any atom is -0.481 e. The summed E-state index contributed by atoms with van der Waals surface area (Å²) >= 11 is 9.22. The van der Waals surface area contributed by atoms with Gasteiger partial charge in [0.15, 0.2) is 0 Å². The predicted octanol–water partition coefficient (Wildman–Crippen LogP) is 3.87. The summed E-state index contributed by atoms with van der Waals surface area (Å²) in [5.74, 6) is -0.0167. The summed E-state index contributed by atoms with van der Waals surface area (Å²) in [6, 6.07) is 7.94. The van der Waals surface area contributed by atoms with Crippen LogP contribution in [0.3, 0.4) is 0 Å². The molecule has 1 N–H and O–H groups in total. The fourth-order valence-electron chi connectivity index (χ4n) is 1.39. The van der Waals surface area contributed by atoms with Crippen molar-refractivity contribution in [3.63, 3.8) is 0 Å². The van der Waals surface area contributed by atoms with Crippen molar-refractivity contribution >= 4 is 50.8 Å². The third-order valence-corrected chi connectivity index (χ3v) is 4.90. The van der Waals surface area contributed by atoms with Crippen LogP contribution in [0.4, 0.5) is 0 Å². The Kier molecular flexibility index (Phi) is 3.74. The number of fused-ring (bicyclic) bond motifs is 1. The van der Waals surface area contributed by atoms with Gasteiger partial charge in [-0.3, -0.25) is 4.79 Å². The first-order valence-electron chi connectivity index (χ1n) is 4.64. The van der Waals surface area contributed by atoms with Crippen molar-refractivity contribution < 1.29 is 9.90 Å². The van der Waals surface area contributed by atoms with E-state index in [1.54, 1.807) is 11.3 Å². The van der Waals surface area contributed by atoms with E-state index in [-0.39, 0.29) is 5.75 Å². The quantitative estimate of drug-likeness (QED) is 0.918. The monoisotopic (exact) mass is 272 g/mol. The number of halogens is 1. The fraction of sp³-hybridized carbons (Fsp3) is 0.182. The van der Waals surface area contributed by atoms with E-state index in [1.165, 1.54) is 11.8 Å². The average Bonchev–Trinajstić information content (AvgIpc) is 2.56. The van der Waals surface area contributed by atoms with Gasteiger partial charge in [-0.15, -0.1) is 23.1 Å². The van der Waals surface area contributed by atoms with Crippen molar-refractivity contribution in [3.8, 4) is 0 Å².